The van der Waals surface area contributed by atoms with Gasteiger partial charge in [-0.05, 0) is 37.1 Å². The van der Waals surface area contributed by atoms with E-state index >= 15 is 0 Å². The first-order valence-electron chi connectivity index (χ1n) is 11.2. The second-order valence-corrected chi connectivity index (χ2v) is 11.5. The number of piperidine rings is 1. The molecule has 0 saturated carbocycles. The van der Waals surface area contributed by atoms with E-state index in [1.807, 2.05) is 18.0 Å². The summed E-state index contributed by atoms with van der Waals surface area (Å²) in [6.45, 7) is 2.05. The number of aryl methyl sites for hydroxylation is 1. The summed E-state index contributed by atoms with van der Waals surface area (Å²) in [6.07, 6.45) is 3.97. The molecule has 35 heavy (non-hydrogen) atoms. The zero-order valence-electron chi connectivity index (χ0n) is 19.3. The van der Waals surface area contributed by atoms with Crippen LogP contribution < -0.4 is 9.64 Å². The molecule has 2 aromatic heterocycles. The van der Waals surface area contributed by atoms with Gasteiger partial charge in [0.15, 0.2) is 33.3 Å². The van der Waals surface area contributed by atoms with Crippen molar-refractivity contribution in [3.63, 3.8) is 0 Å². The molecule has 5 rings (SSSR count). The Bertz CT molecular complexity index is 1350. The van der Waals surface area contributed by atoms with Gasteiger partial charge in [-0.3, -0.25) is 9.48 Å². The van der Waals surface area contributed by atoms with Gasteiger partial charge in [0.2, 0.25) is 5.13 Å². The number of halogens is 1. The van der Waals surface area contributed by atoms with Crippen LogP contribution in [0.15, 0.2) is 35.4 Å². The fraction of sp³-hybridized carbons (Fsp3) is 0.455. The molecule has 186 valence electrons. The molecule has 0 N–H and O–H groups in total. The minimum Gasteiger partial charge on any atom is -0.477 e. The lowest BCUT2D eigenvalue weighted by molar-refractivity contribution is -0.135. The fourth-order valence-corrected chi connectivity index (χ4v) is 5.88. The van der Waals surface area contributed by atoms with E-state index in [9.17, 15) is 17.6 Å². The number of ether oxygens (including phenoxy) is 1. The minimum absolute atomic E-state index is 0.0780. The van der Waals surface area contributed by atoms with Crippen LogP contribution in [0.5, 0.6) is 5.75 Å². The quantitative estimate of drug-likeness (QED) is 0.486. The number of amides is 1. The van der Waals surface area contributed by atoms with E-state index in [2.05, 4.69) is 19.4 Å². The van der Waals surface area contributed by atoms with Crippen LogP contribution in [0.3, 0.4) is 0 Å². The number of likely N-dealkylation sites (tertiary alicyclic amines) is 1. The summed E-state index contributed by atoms with van der Waals surface area (Å²) in [7, 11) is -1.67. The molecule has 0 radical (unpaired) electrons. The number of benzene rings is 1. The van der Waals surface area contributed by atoms with Gasteiger partial charge in [-0.15, -0.1) is 0 Å². The minimum atomic E-state index is -3.53. The van der Waals surface area contributed by atoms with Gasteiger partial charge < -0.3 is 14.5 Å². The highest BCUT2D eigenvalue weighted by atomic mass is 32.2. The molecule has 2 aliphatic rings. The number of hydrogen-bond acceptors (Lipinski definition) is 9. The SMILES string of the molecule is Cn1nccc1-c1nsc(N2CCC(N3CC[C@H](Oc4ccc(S(C)(=O)=O)cc4F)C3=O)CC2)n1. The molecule has 4 heterocycles. The maximum Gasteiger partial charge on any atom is 0.263 e. The monoisotopic (exact) mass is 520 g/mol. The highest BCUT2D eigenvalue weighted by Crippen LogP contribution is 2.30. The first kappa shape index (κ1) is 23.7. The summed E-state index contributed by atoms with van der Waals surface area (Å²) < 4.78 is 49.5. The normalized spacial score (nSPS) is 19.5. The third kappa shape index (κ3) is 4.74. The molecule has 0 unspecified atom stereocenters. The smallest absolute Gasteiger partial charge is 0.263 e. The van der Waals surface area contributed by atoms with Crippen molar-refractivity contribution >= 4 is 32.4 Å². The molecular weight excluding hydrogens is 495 g/mol. The van der Waals surface area contributed by atoms with Crippen LogP contribution in [-0.2, 0) is 21.7 Å². The van der Waals surface area contributed by atoms with Gasteiger partial charge in [-0.25, -0.2) is 12.8 Å². The summed E-state index contributed by atoms with van der Waals surface area (Å²) in [5, 5.41) is 5.01. The maximum atomic E-state index is 14.4. The topological polar surface area (TPSA) is 111 Å². The molecule has 1 aromatic carbocycles. The first-order chi connectivity index (χ1) is 16.7. The van der Waals surface area contributed by atoms with Crippen molar-refractivity contribution < 1.29 is 22.3 Å². The van der Waals surface area contributed by atoms with Gasteiger partial charge in [0.05, 0.1) is 4.90 Å². The zero-order chi connectivity index (χ0) is 24.7. The van der Waals surface area contributed by atoms with Crippen LogP contribution in [0.25, 0.3) is 11.5 Å². The van der Waals surface area contributed by atoms with Crippen molar-refractivity contribution in [1.29, 1.82) is 0 Å². The zero-order valence-corrected chi connectivity index (χ0v) is 20.9. The average molecular weight is 521 g/mol. The van der Waals surface area contributed by atoms with E-state index in [1.165, 1.54) is 23.7 Å². The van der Waals surface area contributed by atoms with Crippen molar-refractivity contribution in [3.8, 4) is 17.3 Å². The third-order valence-corrected chi connectivity index (χ3v) is 8.32. The van der Waals surface area contributed by atoms with E-state index in [1.54, 1.807) is 10.9 Å². The molecule has 0 aliphatic carbocycles. The van der Waals surface area contributed by atoms with Crippen LogP contribution in [0.4, 0.5) is 9.52 Å². The van der Waals surface area contributed by atoms with Gasteiger partial charge in [-0.1, -0.05) is 0 Å². The molecule has 0 bridgehead atoms. The van der Waals surface area contributed by atoms with Gasteiger partial charge in [0.25, 0.3) is 5.91 Å². The predicted octanol–water partition coefficient (Wildman–Crippen LogP) is 2.13. The van der Waals surface area contributed by atoms with E-state index in [-0.39, 0.29) is 22.6 Å². The number of sulfone groups is 1. The van der Waals surface area contributed by atoms with E-state index in [4.69, 9.17) is 4.74 Å². The Morgan fingerprint density at radius 2 is 1.91 bits per heavy atom. The Morgan fingerprint density at radius 1 is 1.14 bits per heavy atom. The van der Waals surface area contributed by atoms with Crippen molar-refractivity contribution in [1.82, 2.24) is 24.0 Å². The Balaban J connectivity index is 1.18. The number of aromatic nitrogens is 4. The van der Waals surface area contributed by atoms with Crippen LogP contribution in [-0.4, -0.2) is 76.4 Å². The lowest BCUT2D eigenvalue weighted by Crippen LogP contribution is -2.47. The maximum absolute atomic E-state index is 14.4. The molecule has 2 saturated heterocycles. The van der Waals surface area contributed by atoms with Crippen molar-refractivity contribution in [2.75, 3.05) is 30.8 Å². The molecule has 10 nitrogen and oxygen atoms in total. The second kappa shape index (κ2) is 9.19. The molecule has 2 fully saturated rings. The molecule has 1 atom stereocenters. The lowest BCUT2D eigenvalue weighted by atomic mass is 10.0. The van der Waals surface area contributed by atoms with Gasteiger partial charge in [0, 0.05) is 63.1 Å². The van der Waals surface area contributed by atoms with Crippen LogP contribution in [0, 0.1) is 5.82 Å². The summed E-state index contributed by atoms with van der Waals surface area (Å²) in [5.41, 5.74) is 0.860. The largest absolute Gasteiger partial charge is 0.477 e. The summed E-state index contributed by atoms with van der Waals surface area (Å²) in [5.74, 6) is -0.425. The van der Waals surface area contributed by atoms with E-state index in [0.717, 1.165) is 49.1 Å². The highest BCUT2D eigenvalue weighted by molar-refractivity contribution is 7.90. The fourth-order valence-electron chi connectivity index (χ4n) is 4.52. The van der Waals surface area contributed by atoms with E-state index < -0.39 is 21.8 Å². The summed E-state index contributed by atoms with van der Waals surface area (Å²) in [4.78, 5) is 21.5. The Morgan fingerprint density at radius 3 is 2.57 bits per heavy atom. The molecule has 0 spiro atoms. The second-order valence-electron chi connectivity index (χ2n) is 8.75. The van der Waals surface area contributed by atoms with Gasteiger partial charge in [0.1, 0.15) is 5.69 Å². The Hall–Kier alpha value is -3.06. The van der Waals surface area contributed by atoms with Crippen molar-refractivity contribution in [2.24, 2.45) is 7.05 Å². The number of carbonyl (C=O) groups excluding carboxylic acids is 1. The standard InChI is InChI=1S/C22H25FN6O4S2/c1-27-17(5-9-24-27)20-25-22(34-26-20)28-10-6-14(7-11-28)29-12-8-19(21(29)30)33-18-4-3-15(13-16(18)23)35(2,31)32/h3-5,9,13-14,19H,6-8,10-12H2,1-2H3/t19-/m0/s1. The molecule has 13 heteroatoms. The van der Waals surface area contributed by atoms with Crippen molar-refractivity contribution in [2.45, 2.75) is 36.3 Å². The Labute approximate surface area is 206 Å². The number of nitrogens with zero attached hydrogens (tertiary/aromatic N) is 6. The molecule has 3 aromatic rings. The van der Waals surface area contributed by atoms with Crippen molar-refractivity contribution in [3.05, 3.63) is 36.3 Å². The number of rotatable bonds is 6. The van der Waals surface area contributed by atoms with Gasteiger partial charge >= 0.3 is 0 Å². The van der Waals surface area contributed by atoms with Crippen LogP contribution >= 0.6 is 11.5 Å². The first-order valence-corrected chi connectivity index (χ1v) is 13.9. The average Bonchev–Trinajstić information content (AvgIpc) is 3.55. The van der Waals surface area contributed by atoms with E-state index in [0.29, 0.717) is 18.8 Å². The number of carbonyl (C=O) groups is 1. The lowest BCUT2D eigenvalue weighted by Gasteiger charge is -2.36. The van der Waals surface area contributed by atoms with Crippen LogP contribution in [0.1, 0.15) is 19.3 Å². The van der Waals surface area contributed by atoms with Gasteiger partial charge in [-0.2, -0.15) is 14.5 Å². The van der Waals surface area contributed by atoms with Crippen LogP contribution in [0.2, 0.25) is 0 Å². The number of hydrogen-bond donors (Lipinski definition) is 0. The molecule has 1 amide bonds. The summed E-state index contributed by atoms with van der Waals surface area (Å²) >= 11 is 1.35. The Kier molecular flexibility index (Phi) is 6.21. The molecular formula is C22H25FN6O4S2. The number of anilines is 1. The summed E-state index contributed by atoms with van der Waals surface area (Å²) in [6, 6.07) is 5.43. The highest BCUT2D eigenvalue weighted by Gasteiger charge is 2.39. The third-order valence-electron chi connectivity index (χ3n) is 6.43. The predicted molar refractivity (Wildman–Crippen MR) is 128 cm³/mol. The molecule has 2 aliphatic heterocycles.